The third-order valence-corrected chi connectivity index (χ3v) is 2.44. The van der Waals surface area contributed by atoms with Crippen LogP contribution < -0.4 is 10.1 Å². The van der Waals surface area contributed by atoms with E-state index in [0.717, 1.165) is 18.4 Å². The van der Waals surface area contributed by atoms with Crippen molar-refractivity contribution in [2.45, 2.75) is 19.8 Å². The standard InChI is InChI=1S/C11H12N2O3/c1-7(14)12-9-5-8-3-2-4-16-11(8)6-10(9)13-15/h5-6H,2-4H2,1H3,(H,12,14). The Balaban J connectivity index is 2.42. The molecule has 0 radical (unpaired) electrons. The number of carbonyl (C=O) groups excluding carboxylic acids is 1. The Hall–Kier alpha value is -1.91. The van der Waals surface area contributed by atoms with Crippen molar-refractivity contribution in [2.24, 2.45) is 5.18 Å². The van der Waals surface area contributed by atoms with Gasteiger partial charge < -0.3 is 10.1 Å². The second kappa shape index (κ2) is 4.30. The van der Waals surface area contributed by atoms with E-state index >= 15 is 0 Å². The number of amides is 1. The van der Waals surface area contributed by atoms with Gasteiger partial charge in [-0.15, -0.1) is 4.91 Å². The smallest absolute Gasteiger partial charge is 0.221 e. The highest BCUT2D eigenvalue weighted by Crippen LogP contribution is 2.35. The molecule has 0 spiro atoms. The van der Waals surface area contributed by atoms with Crippen molar-refractivity contribution in [2.75, 3.05) is 11.9 Å². The highest BCUT2D eigenvalue weighted by atomic mass is 16.5. The van der Waals surface area contributed by atoms with Gasteiger partial charge >= 0.3 is 0 Å². The zero-order chi connectivity index (χ0) is 11.5. The Morgan fingerprint density at radius 3 is 3.00 bits per heavy atom. The van der Waals surface area contributed by atoms with Crippen molar-refractivity contribution in [3.8, 4) is 5.75 Å². The molecule has 0 aromatic heterocycles. The van der Waals surface area contributed by atoms with Gasteiger partial charge in [0.05, 0.1) is 12.3 Å². The maximum Gasteiger partial charge on any atom is 0.221 e. The number of hydrogen-bond donors (Lipinski definition) is 1. The summed E-state index contributed by atoms with van der Waals surface area (Å²) in [5, 5.41) is 5.47. The molecule has 5 nitrogen and oxygen atoms in total. The average molecular weight is 220 g/mol. The summed E-state index contributed by atoms with van der Waals surface area (Å²) in [5.74, 6) is 0.469. The Labute approximate surface area is 92.8 Å². The van der Waals surface area contributed by atoms with E-state index in [9.17, 15) is 9.70 Å². The first-order chi connectivity index (χ1) is 7.70. The molecule has 0 unspecified atom stereocenters. The summed E-state index contributed by atoms with van der Waals surface area (Å²) in [6.07, 6.45) is 1.83. The van der Waals surface area contributed by atoms with Crippen LogP contribution in [0.2, 0.25) is 0 Å². The number of benzene rings is 1. The van der Waals surface area contributed by atoms with Crippen molar-refractivity contribution >= 4 is 17.3 Å². The second-order valence-electron chi connectivity index (χ2n) is 3.70. The van der Waals surface area contributed by atoms with Crippen molar-refractivity contribution in [3.63, 3.8) is 0 Å². The predicted molar refractivity (Wildman–Crippen MR) is 60.0 cm³/mol. The first-order valence-corrected chi connectivity index (χ1v) is 5.11. The van der Waals surface area contributed by atoms with Crippen LogP contribution in [-0.2, 0) is 11.2 Å². The summed E-state index contributed by atoms with van der Waals surface area (Å²) in [5.41, 5.74) is 1.66. The molecule has 0 saturated heterocycles. The van der Waals surface area contributed by atoms with Gasteiger partial charge in [0.15, 0.2) is 0 Å². The first-order valence-electron chi connectivity index (χ1n) is 5.11. The van der Waals surface area contributed by atoms with E-state index in [1.807, 2.05) is 0 Å². The molecule has 0 aliphatic carbocycles. The predicted octanol–water partition coefficient (Wildman–Crippen LogP) is 2.37. The van der Waals surface area contributed by atoms with Gasteiger partial charge in [0.25, 0.3) is 0 Å². The lowest BCUT2D eigenvalue weighted by Crippen LogP contribution is -2.11. The molecular weight excluding hydrogens is 208 g/mol. The van der Waals surface area contributed by atoms with Crippen LogP contribution in [-0.4, -0.2) is 12.5 Å². The van der Waals surface area contributed by atoms with E-state index in [1.165, 1.54) is 6.92 Å². The summed E-state index contributed by atoms with van der Waals surface area (Å²) >= 11 is 0. The molecule has 0 fully saturated rings. The number of carbonyl (C=O) groups is 1. The van der Waals surface area contributed by atoms with Crippen LogP contribution in [0.4, 0.5) is 11.4 Å². The maximum atomic E-state index is 11.0. The average Bonchev–Trinajstić information content (AvgIpc) is 2.27. The minimum atomic E-state index is -0.221. The highest BCUT2D eigenvalue weighted by molar-refractivity contribution is 5.92. The molecule has 1 N–H and O–H groups in total. The molecule has 1 aromatic carbocycles. The topological polar surface area (TPSA) is 67.8 Å². The van der Waals surface area contributed by atoms with Crippen LogP contribution in [0.25, 0.3) is 0 Å². The van der Waals surface area contributed by atoms with E-state index in [4.69, 9.17) is 4.74 Å². The maximum absolute atomic E-state index is 11.0. The molecule has 0 saturated carbocycles. The second-order valence-corrected chi connectivity index (χ2v) is 3.70. The normalized spacial score (nSPS) is 13.6. The van der Waals surface area contributed by atoms with Gasteiger partial charge in [0.2, 0.25) is 5.91 Å². The van der Waals surface area contributed by atoms with Crippen LogP contribution >= 0.6 is 0 Å². The van der Waals surface area contributed by atoms with Crippen LogP contribution in [0.1, 0.15) is 18.9 Å². The fraction of sp³-hybridized carbons (Fsp3) is 0.364. The van der Waals surface area contributed by atoms with Gasteiger partial charge in [-0.05, 0) is 29.6 Å². The molecule has 16 heavy (non-hydrogen) atoms. The number of rotatable bonds is 2. The quantitative estimate of drug-likeness (QED) is 0.778. The van der Waals surface area contributed by atoms with Crippen molar-refractivity contribution < 1.29 is 9.53 Å². The Morgan fingerprint density at radius 1 is 1.50 bits per heavy atom. The van der Waals surface area contributed by atoms with Crippen molar-refractivity contribution in [3.05, 3.63) is 22.6 Å². The van der Waals surface area contributed by atoms with Crippen molar-refractivity contribution in [1.82, 2.24) is 0 Å². The van der Waals surface area contributed by atoms with Gasteiger partial charge in [0, 0.05) is 13.0 Å². The molecule has 1 heterocycles. The number of anilines is 1. The monoisotopic (exact) mass is 220 g/mol. The van der Waals surface area contributed by atoms with E-state index in [1.54, 1.807) is 12.1 Å². The molecule has 2 rings (SSSR count). The third-order valence-electron chi connectivity index (χ3n) is 2.44. The molecule has 1 amide bonds. The Kier molecular flexibility index (Phi) is 2.85. The summed E-state index contributed by atoms with van der Waals surface area (Å²) in [6.45, 7) is 2.05. The molecule has 1 aliphatic heterocycles. The van der Waals surface area contributed by atoms with E-state index in [2.05, 4.69) is 10.5 Å². The fourth-order valence-electron chi connectivity index (χ4n) is 1.75. The van der Waals surface area contributed by atoms with Gasteiger partial charge in [-0.25, -0.2) is 0 Å². The van der Waals surface area contributed by atoms with Crippen molar-refractivity contribution in [1.29, 1.82) is 0 Å². The molecule has 1 aromatic rings. The zero-order valence-corrected chi connectivity index (χ0v) is 8.95. The largest absolute Gasteiger partial charge is 0.493 e. The lowest BCUT2D eigenvalue weighted by molar-refractivity contribution is -0.114. The number of fused-ring (bicyclic) bond motifs is 1. The molecule has 0 atom stereocenters. The number of ether oxygens (including phenoxy) is 1. The Morgan fingerprint density at radius 2 is 2.31 bits per heavy atom. The molecule has 5 heteroatoms. The van der Waals surface area contributed by atoms with Gasteiger partial charge in [-0.3, -0.25) is 4.79 Å². The van der Waals surface area contributed by atoms with Gasteiger partial charge in [-0.1, -0.05) is 0 Å². The fourth-order valence-corrected chi connectivity index (χ4v) is 1.75. The lowest BCUT2D eigenvalue weighted by atomic mass is 10.0. The van der Waals surface area contributed by atoms with Crippen LogP contribution in [0, 0.1) is 4.91 Å². The number of aryl methyl sites for hydroxylation is 1. The van der Waals surface area contributed by atoms with Gasteiger partial charge in [0.1, 0.15) is 11.4 Å². The minimum absolute atomic E-state index is 0.204. The number of nitrogens with one attached hydrogen (secondary N) is 1. The SMILES string of the molecule is CC(=O)Nc1cc2c(cc1N=O)OCCC2. The van der Waals surface area contributed by atoms with E-state index in [0.29, 0.717) is 18.0 Å². The summed E-state index contributed by atoms with van der Waals surface area (Å²) in [6, 6.07) is 3.33. The lowest BCUT2D eigenvalue weighted by Gasteiger charge is -2.18. The van der Waals surface area contributed by atoms with E-state index in [-0.39, 0.29) is 11.6 Å². The number of hydrogen-bond acceptors (Lipinski definition) is 4. The minimum Gasteiger partial charge on any atom is -0.493 e. The van der Waals surface area contributed by atoms with E-state index < -0.39 is 0 Å². The summed E-state index contributed by atoms with van der Waals surface area (Å²) in [7, 11) is 0. The summed E-state index contributed by atoms with van der Waals surface area (Å²) < 4.78 is 5.41. The third kappa shape index (κ3) is 2.03. The van der Waals surface area contributed by atoms with Gasteiger partial charge in [-0.2, -0.15) is 0 Å². The number of nitrogens with zero attached hydrogens (tertiary/aromatic N) is 1. The molecule has 0 bridgehead atoms. The highest BCUT2D eigenvalue weighted by Gasteiger charge is 2.15. The number of nitroso groups, excluding NO2 is 1. The molecule has 84 valence electrons. The Bertz CT molecular complexity index is 443. The van der Waals surface area contributed by atoms with Crippen LogP contribution in [0.5, 0.6) is 5.75 Å². The first kappa shape index (κ1) is 10.6. The molecular formula is C11H12N2O3. The van der Waals surface area contributed by atoms with Crippen LogP contribution in [0.3, 0.4) is 0 Å². The molecule has 1 aliphatic rings. The summed E-state index contributed by atoms with van der Waals surface area (Å²) in [4.78, 5) is 21.6. The van der Waals surface area contributed by atoms with Crippen LogP contribution in [0.15, 0.2) is 17.3 Å². The zero-order valence-electron chi connectivity index (χ0n) is 8.95.